The number of alkyl halides is 3. The molecule has 2 N–H and O–H groups in total. The maximum absolute atomic E-state index is 12.5. The molecule has 2 nitrogen and oxygen atoms in total. The second-order valence-corrected chi connectivity index (χ2v) is 5.69. The van der Waals surface area contributed by atoms with E-state index >= 15 is 0 Å². The first-order valence-electron chi connectivity index (χ1n) is 6.98. The number of likely N-dealkylation sites (tertiary alicyclic amines) is 1. The lowest BCUT2D eigenvalue weighted by Gasteiger charge is -2.36. The van der Waals surface area contributed by atoms with Crippen LogP contribution in [0.25, 0.3) is 0 Å². The highest BCUT2D eigenvalue weighted by Crippen LogP contribution is 2.29. The van der Waals surface area contributed by atoms with E-state index in [1.54, 1.807) is 12.1 Å². The summed E-state index contributed by atoms with van der Waals surface area (Å²) in [7, 11) is 0. The van der Waals surface area contributed by atoms with Gasteiger partial charge in [-0.05, 0) is 49.0 Å². The predicted molar refractivity (Wildman–Crippen MR) is 73.0 cm³/mol. The molecule has 5 heteroatoms. The topological polar surface area (TPSA) is 29.3 Å². The predicted octanol–water partition coefficient (Wildman–Crippen LogP) is 3.12. The van der Waals surface area contributed by atoms with Crippen LogP contribution in [0.2, 0.25) is 0 Å². The Morgan fingerprint density at radius 1 is 1.25 bits per heavy atom. The summed E-state index contributed by atoms with van der Waals surface area (Å²) in [4.78, 5) is 2.28. The van der Waals surface area contributed by atoms with Crippen molar-refractivity contribution in [2.24, 2.45) is 17.6 Å². The lowest BCUT2D eigenvalue weighted by atomic mass is 9.87. The van der Waals surface area contributed by atoms with Crippen molar-refractivity contribution in [3.05, 3.63) is 35.4 Å². The second-order valence-electron chi connectivity index (χ2n) is 5.69. The van der Waals surface area contributed by atoms with Gasteiger partial charge >= 0.3 is 6.18 Å². The molecule has 0 radical (unpaired) electrons. The number of nitrogens with zero attached hydrogens (tertiary/aromatic N) is 1. The number of hydrogen-bond acceptors (Lipinski definition) is 2. The Bertz CT molecular complexity index is 428. The van der Waals surface area contributed by atoms with Crippen molar-refractivity contribution in [2.75, 3.05) is 19.6 Å². The first kappa shape index (κ1) is 15.3. The minimum Gasteiger partial charge on any atom is -0.330 e. The molecule has 0 saturated carbocycles. The quantitative estimate of drug-likeness (QED) is 0.925. The van der Waals surface area contributed by atoms with E-state index in [1.807, 2.05) is 0 Å². The summed E-state index contributed by atoms with van der Waals surface area (Å²) < 4.78 is 37.5. The van der Waals surface area contributed by atoms with E-state index in [9.17, 15) is 13.2 Å². The molecule has 20 heavy (non-hydrogen) atoms. The standard InChI is InChI=1S/C15H21F3N2/c1-11-6-7-20(10-13(11)8-19)9-12-2-4-14(5-3-12)15(16,17)18/h2-5,11,13H,6-10,19H2,1H3. The highest BCUT2D eigenvalue weighted by molar-refractivity contribution is 5.24. The van der Waals surface area contributed by atoms with Gasteiger partial charge in [0.25, 0.3) is 0 Å². The summed E-state index contributed by atoms with van der Waals surface area (Å²) in [5, 5.41) is 0. The molecule has 2 atom stereocenters. The third-order valence-corrected chi connectivity index (χ3v) is 4.19. The number of nitrogens with two attached hydrogens (primary N) is 1. The molecule has 112 valence electrons. The average molecular weight is 286 g/mol. The Kier molecular flexibility index (Phi) is 4.70. The molecule has 0 spiro atoms. The molecule has 2 unspecified atom stereocenters. The zero-order chi connectivity index (χ0) is 14.8. The zero-order valence-electron chi connectivity index (χ0n) is 11.7. The van der Waals surface area contributed by atoms with Crippen LogP contribution in [0.15, 0.2) is 24.3 Å². The van der Waals surface area contributed by atoms with Crippen LogP contribution in [0.5, 0.6) is 0 Å². The summed E-state index contributed by atoms with van der Waals surface area (Å²) in [5.41, 5.74) is 6.10. The number of benzene rings is 1. The van der Waals surface area contributed by atoms with Crippen LogP contribution >= 0.6 is 0 Å². The lowest BCUT2D eigenvalue weighted by molar-refractivity contribution is -0.137. The Labute approximate surface area is 117 Å². The van der Waals surface area contributed by atoms with Crippen LogP contribution in [0.1, 0.15) is 24.5 Å². The van der Waals surface area contributed by atoms with Crippen molar-refractivity contribution in [3.8, 4) is 0 Å². The largest absolute Gasteiger partial charge is 0.416 e. The highest BCUT2D eigenvalue weighted by Gasteiger charge is 2.30. The van der Waals surface area contributed by atoms with E-state index in [0.29, 0.717) is 24.9 Å². The molecule has 0 bridgehead atoms. The Balaban J connectivity index is 1.97. The van der Waals surface area contributed by atoms with Crippen LogP contribution in [0.4, 0.5) is 13.2 Å². The Morgan fingerprint density at radius 2 is 1.90 bits per heavy atom. The van der Waals surface area contributed by atoms with Gasteiger partial charge in [-0.25, -0.2) is 0 Å². The number of rotatable bonds is 3. The third kappa shape index (κ3) is 3.73. The second kappa shape index (κ2) is 6.14. The molecule has 0 aromatic heterocycles. The van der Waals surface area contributed by atoms with Gasteiger partial charge in [-0.1, -0.05) is 19.1 Å². The fourth-order valence-electron chi connectivity index (χ4n) is 2.73. The fourth-order valence-corrected chi connectivity index (χ4v) is 2.73. The number of piperidine rings is 1. The van der Waals surface area contributed by atoms with Crippen LogP contribution in [0.3, 0.4) is 0 Å². The molecule has 1 aromatic rings. The van der Waals surface area contributed by atoms with Crippen LogP contribution < -0.4 is 5.73 Å². The first-order valence-corrected chi connectivity index (χ1v) is 6.98. The van der Waals surface area contributed by atoms with E-state index in [0.717, 1.165) is 37.2 Å². The van der Waals surface area contributed by atoms with Crippen LogP contribution in [-0.4, -0.2) is 24.5 Å². The van der Waals surface area contributed by atoms with Crippen LogP contribution in [0, 0.1) is 11.8 Å². The molecule has 0 aliphatic carbocycles. The number of hydrogen-bond donors (Lipinski definition) is 1. The SMILES string of the molecule is CC1CCN(Cc2ccc(C(F)(F)F)cc2)CC1CN. The van der Waals surface area contributed by atoms with Gasteiger partial charge in [-0.15, -0.1) is 0 Å². The summed E-state index contributed by atoms with van der Waals surface area (Å²) in [5.74, 6) is 1.11. The summed E-state index contributed by atoms with van der Waals surface area (Å²) in [6.07, 6.45) is -3.16. The van der Waals surface area contributed by atoms with E-state index < -0.39 is 11.7 Å². The average Bonchev–Trinajstić information content (AvgIpc) is 2.40. The lowest BCUT2D eigenvalue weighted by Crippen LogP contribution is -2.42. The van der Waals surface area contributed by atoms with Gasteiger partial charge in [0.05, 0.1) is 5.56 Å². The van der Waals surface area contributed by atoms with Gasteiger partial charge in [-0.3, -0.25) is 4.90 Å². The van der Waals surface area contributed by atoms with Crippen molar-refractivity contribution >= 4 is 0 Å². The molecule has 1 heterocycles. The Hall–Kier alpha value is -1.07. The Morgan fingerprint density at radius 3 is 2.45 bits per heavy atom. The molecule has 1 aromatic carbocycles. The zero-order valence-corrected chi connectivity index (χ0v) is 11.7. The molecular weight excluding hydrogens is 265 g/mol. The molecule has 1 saturated heterocycles. The van der Waals surface area contributed by atoms with Crippen molar-refractivity contribution < 1.29 is 13.2 Å². The minimum absolute atomic E-state index is 0.484. The summed E-state index contributed by atoms with van der Waals surface area (Å²) in [6.45, 7) is 5.50. The first-order chi connectivity index (χ1) is 9.40. The van der Waals surface area contributed by atoms with Gasteiger partial charge in [0.2, 0.25) is 0 Å². The summed E-state index contributed by atoms with van der Waals surface area (Å²) in [6, 6.07) is 5.45. The van der Waals surface area contributed by atoms with Gasteiger partial charge in [0.15, 0.2) is 0 Å². The van der Waals surface area contributed by atoms with Crippen molar-refractivity contribution in [3.63, 3.8) is 0 Å². The molecular formula is C15H21F3N2. The molecule has 2 rings (SSSR count). The van der Waals surface area contributed by atoms with Crippen LogP contribution in [-0.2, 0) is 12.7 Å². The molecule has 1 aliphatic rings. The maximum Gasteiger partial charge on any atom is 0.416 e. The van der Waals surface area contributed by atoms with E-state index in [1.165, 1.54) is 0 Å². The normalized spacial score (nSPS) is 24.9. The van der Waals surface area contributed by atoms with Crippen molar-refractivity contribution in [2.45, 2.75) is 26.1 Å². The minimum atomic E-state index is -4.26. The monoisotopic (exact) mass is 286 g/mol. The van der Waals surface area contributed by atoms with Crippen molar-refractivity contribution in [1.82, 2.24) is 4.90 Å². The maximum atomic E-state index is 12.5. The fraction of sp³-hybridized carbons (Fsp3) is 0.600. The molecule has 1 aliphatic heterocycles. The van der Waals surface area contributed by atoms with Crippen molar-refractivity contribution in [1.29, 1.82) is 0 Å². The molecule has 1 fully saturated rings. The van der Waals surface area contributed by atoms with Gasteiger partial charge in [-0.2, -0.15) is 13.2 Å². The van der Waals surface area contributed by atoms with Gasteiger partial charge < -0.3 is 5.73 Å². The van der Waals surface area contributed by atoms with E-state index in [2.05, 4.69) is 11.8 Å². The highest BCUT2D eigenvalue weighted by atomic mass is 19.4. The molecule has 0 amide bonds. The van der Waals surface area contributed by atoms with E-state index in [-0.39, 0.29) is 0 Å². The number of halogens is 3. The smallest absolute Gasteiger partial charge is 0.330 e. The van der Waals surface area contributed by atoms with E-state index in [4.69, 9.17) is 5.73 Å². The summed E-state index contributed by atoms with van der Waals surface area (Å²) >= 11 is 0. The van der Waals surface area contributed by atoms with Gasteiger partial charge in [0, 0.05) is 13.1 Å². The third-order valence-electron chi connectivity index (χ3n) is 4.19. The van der Waals surface area contributed by atoms with Gasteiger partial charge in [0.1, 0.15) is 0 Å².